The van der Waals surface area contributed by atoms with Crippen LogP contribution in [0.4, 0.5) is 5.13 Å². The van der Waals surface area contributed by atoms with E-state index in [1.807, 2.05) is 19.9 Å². The van der Waals surface area contributed by atoms with Gasteiger partial charge in [-0.2, -0.15) is 0 Å². The van der Waals surface area contributed by atoms with Gasteiger partial charge in [0.2, 0.25) is 0 Å². The van der Waals surface area contributed by atoms with Crippen molar-refractivity contribution >= 4 is 44.1 Å². The molecule has 1 saturated heterocycles. The lowest BCUT2D eigenvalue weighted by Crippen LogP contribution is -2.29. The van der Waals surface area contributed by atoms with E-state index in [0.717, 1.165) is 16.0 Å². The van der Waals surface area contributed by atoms with Gasteiger partial charge >= 0.3 is 5.91 Å². The first-order valence-electron chi connectivity index (χ1n) is 13.4. The fraction of sp³-hybridized carbons (Fsp3) is 0.258. The Kier molecular flexibility index (Phi) is 6.78. The number of carbonyl (C=O) groups excluding carboxylic acids is 2. The first-order chi connectivity index (χ1) is 19.8. The Morgan fingerprint density at radius 2 is 1.88 bits per heavy atom. The predicted molar refractivity (Wildman–Crippen MR) is 155 cm³/mol. The quantitative estimate of drug-likeness (QED) is 0.163. The largest absolute Gasteiger partial charge is 0.507 e. The van der Waals surface area contributed by atoms with Crippen LogP contribution in [0.15, 0.2) is 60.2 Å². The standard InChI is InChI=1S/C31H28N2O7S/c1-4-38-20-8-9-21-25(15-20)41-31(32-21)33-27(17-6-10-22(34)24(14-17)39-5-2)26(29(36)30(33)37)28(35)18-7-11-23-19(13-18)12-16(3)40-23/h6-11,13-16,27,34-35H,4-5,12H2,1-3H3/b28-26-. The van der Waals surface area contributed by atoms with Crippen LogP contribution in [0.2, 0.25) is 0 Å². The second-order valence-corrected chi connectivity index (χ2v) is 10.9. The SMILES string of the molecule is CCOc1ccc2nc(N3C(=O)C(=O)/C(=C(\O)c4ccc5c(c4)CC(C)O5)C3c3ccc(O)c(OCC)c3)sc2c1. The number of Topliss-reactive ketones (excluding diaryl/α,β-unsaturated/α-hetero) is 1. The molecular weight excluding hydrogens is 544 g/mol. The molecule has 0 spiro atoms. The Morgan fingerprint density at radius 1 is 1.07 bits per heavy atom. The van der Waals surface area contributed by atoms with Crippen molar-refractivity contribution in [2.45, 2.75) is 39.3 Å². The van der Waals surface area contributed by atoms with Gasteiger partial charge in [0.15, 0.2) is 16.6 Å². The molecule has 2 atom stereocenters. The summed E-state index contributed by atoms with van der Waals surface area (Å²) in [5.74, 6) is -0.434. The lowest BCUT2D eigenvalue weighted by molar-refractivity contribution is -0.132. The van der Waals surface area contributed by atoms with Gasteiger partial charge < -0.3 is 24.4 Å². The monoisotopic (exact) mass is 572 g/mol. The van der Waals surface area contributed by atoms with Gasteiger partial charge in [-0.05, 0) is 80.4 Å². The number of aliphatic hydroxyl groups excluding tert-OH is 1. The number of anilines is 1. The highest BCUT2D eigenvalue weighted by Crippen LogP contribution is 2.46. The number of fused-ring (bicyclic) bond motifs is 2. The van der Waals surface area contributed by atoms with Crippen molar-refractivity contribution in [3.63, 3.8) is 0 Å². The van der Waals surface area contributed by atoms with Crippen molar-refractivity contribution in [2.75, 3.05) is 18.1 Å². The molecule has 0 bridgehead atoms. The van der Waals surface area contributed by atoms with Crippen LogP contribution < -0.4 is 19.1 Å². The molecule has 210 valence electrons. The summed E-state index contributed by atoms with van der Waals surface area (Å²) >= 11 is 1.24. The van der Waals surface area contributed by atoms with Crippen molar-refractivity contribution in [3.05, 3.63) is 76.9 Å². The van der Waals surface area contributed by atoms with Crippen molar-refractivity contribution in [3.8, 4) is 23.0 Å². The van der Waals surface area contributed by atoms with Gasteiger partial charge in [0.05, 0.1) is 35.0 Å². The number of rotatable bonds is 7. The Labute approximate surface area is 240 Å². The summed E-state index contributed by atoms with van der Waals surface area (Å²) in [6.45, 7) is 6.44. The Balaban J connectivity index is 1.53. The third-order valence-corrected chi connectivity index (χ3v) is 8.10. The van der Waals surface area contributed by atoms with Gasteiger partial charge in [-0.3, -0.25) is 14.5 Å². The molecule has 1 aromatic heterocycles. The number of aromatic hydroxyl groups is 1. The molecule has 1 fully saturated rings. The first-order valence-corrected chi connectivity index (χ1v) is 14.2. The van der Waals surface area contributed by atoms with Crippen LogP contribution in [-0.4, -0.2) is 46.2 Å². The van der Waals surface area contributed by atoms with Crippen LogP contribution in [0.1, 0.15) is 43.5 Å². The molecule has 0 aliphatic carbocycles. The molecule has 2 aliphatic rings. The van der Waals surface area contributed by atoms with E-state index in [1.165, 1.54) is 22.3 Å². The zero-order chi connectivity index (χ0) is 28.8. The van der Waals surface area contributed by atoms with E-state index in [9.17, 15) is 19.8 Å². The number of amides is 1. The second kappa shape index (κ2) is 10.4. The summed E-state index contributed by atoms with van der Waals surface area (Å²) in [6, 6.07) is 14.3. The number of aliphatic hydroxyl groups is 1. The molecule has 2 N–H and O–H groups in total. The molecule has 0 saturated carbocycles. The number of carbonyl (C=O) groups is 2. The lowest BCUT2D eigenvalue weighted by Gasteiger charge is -2.23. The maximum absolute atomic E-state index is 13.7. The minimum Gasteiger partial charge on any atom is -0.507 e. The predicted octanol–water partition coefficient (Wildman–Crippen LogP) is 5.75. The van der Waals surface area contributed by atoms with Gasteiger partial charge in [0.1, 0.15) is 23.4 Å². The third-order valence-electron chi connectivity index (χ3n) is 7.08. The van der Waals surface area contributed by atoms with Crippen LogP contribution >= 0.6 is 11.3 Å². The number of ketones is 1. The molecule has 2 aliphatic heterocycles. The number of phenols is 1. The number of hydrogen-bond donors (Lipinski definition) is 2. The second-order valence-electron chi connectivity index (χ2n) is 9.84. The van der Waals surface area contributed by atoms with Crippen molar-refractivity contribution in [1.29, 1.82) is 0 Å². The molecule has 4 aromatic rings. The topological polar surface area (TPSA) is 118 Å². The zero-order valence-corrected chi connectivity index (χ0v) is 23.5. The Hall–Kier alpha value is -4.57. The van der Waals surface area contributed by atoms with E-state index in [1.54, 1.807) is 49.4 Å². The minimum absolute atomic E-state index is 0.00392. The number of phenolic OH excluding ortho intramolecular Hbond substituents is 1. The van der Waals surface area contributed by atoms with Crippen molar-refractivity contribution in [1.82, 2.24) is 4.98 Å². The van der Waals surface area contributed by atoms with E-state index >= 15 is 0 Å². The fourth-order valence-electron chi connectivity index (χ4n) is 5.29. The fourth-order valence-corrected chi connectivity index (χ4v) is 6.31. The maximum Gasteiger partial charge on any atom is 0.301 e. The normalized spacial score (nSPS) is 19.4. The highest BCUT2D eigenvalue weighted by atomic mass is 32.1. The summed E-state index contributed by atoms with van der Waals surface area (Å²) in [5, 5.41) is 22.2. The smallest absolute Gasteiger partial charge is 0.301 e. The lowest BCUT2D eigenvalue weighted by atomic mass is 9.94. The molecular formula is C31H28N2O7S. The Morgan fingerprint density at radius 3 is 2.66 bits per heavy atom. The van der Waals surface area contributed by atoms with Crippen LogP contribution in [0.5, 0.6) is 23.0 Å². The minimum atomic E-state index is -1.02. The van der Waals surface area contributed by atoms with Gasteiger partial charge in [0, 0.05) is 12.0 Å². The number of benzene rings is 3. The van der Waals surface area contributed by atoms with Crippen LogP contribution in [-0.2, 0) is 16.0 Å². The first kappa shape index (κ1) is 26.6. The van der Waals surface area contributed by atoms with E-state index in [2.05, 4.69) is 4.98 Å². The van der Waals surface area contributed by atoms with Gasteiger partial charge in [-0.15, -0.1) is 0 Å². The number of hydrogen-bond acceptors (Lipinski definition) is 9. The molecule has 3 heterocycles. The molecule has 2 unspecified atom stereocenters. The summed E-state index contributed by atoms with van der Waals surface area (Å²) < 4.78 is 17.8. The summed E-state index contributed by atoms with van der Waals surface area (Å²) in [4.78, 5) is 33.3. The molecule has 6 rings (SSSR count). The van der Waals surface area contributed by atoms with Crippen molar-refractivity contribution < 1.29 is 34.0 Å². The van der Waals surface area contributed by atoms with Crippen LogP contribution in [0.25, 0.3) is 16.0 Å². The van der Waals surface area contributed by atoms with E-state index < -0.39 is 17.7 Å². The van der Waals surface area contributed by atoms with E-state index in [4.69, 9.17) is 14.2 Å². The van der Waals surface area contributed by atoms with Crippen molar-refractivity contribution in [2.24, 2.45) is 0 Å². The number of thiazole rings is 1. The highest BCUT2D eigenvalue weighted by Gasteiger charge is 2.48. The van der Waals surface area contributed by atoms with E-state index in [0.29, 0.717) is 47.2 Å². The highest BCUT2D eigenvalue weighted by molar-refractivity contribution is 7.22. The van der Waals surface area contributed by atoms with Crippen LogP contribution in [0, 0.1) is 0 Å². The number of ether oxygens (including phenoxy) is 3. The average Bonchev–Trinajstić information content (AvgIpc) is 3.62. The maximum atomic E-state index is 13.7. The zero-order valence-electron chi connectivity index (χ0n) is 22.7. The summed E-state index contributed by atoms with van der Waals surface area (Å²) in [6.07, 6.45) is 0.670. The molecule has 0 radical (unpaired) electrons. The molecule has 1 amide bonds. The van der Waals surface area contributed by atoms with E-state index in [-0.39, 0.29) is 28.9 Å². The molecule has 10 heteroatoms. The summed E-state index contributed by atoms with van der Waals surface area (Å²) in [5.41, 5.74) is 2.34. The molecule has 9 nitrogen and oxygen atoms in total. The summed E-state index contributed by atoms with van der Waals surface area (Å²) in [7, 11) is 0. The van der Waals surface area contributed by atoms with Gasteiger partial charge in [-0.25, -0.2) is 4.98 Å². The molecule has 3 aromatic carbocycles. The average molecular weight is 573 g/mol. The van der Waals surface area contributed by atoms with Gasteiger partial charge in [-0.1, -0.05) is 17.4 Å². The van der Waals surface area contributed by atoms with Gasteiger partial charge in [0.25, 0.3) is 5.78 Å². The number of nitrogens with zero attached hydrogens (tertiary/aromatic N) is 2. The Bertz CT molecular complexity index is 1730. The molecule has 41 heavy (non-hydrogen) atoms. The number of aromatic nitrogens is 1. The van der Waals surface area contributed by atoms with Crippen LogP contribution in [0.3, 0.4) is 0 Å². The third kappa shape index (κ3) is 4.63.